The van der Waals surface area contributed by atoms with Gasteiger partial charge in [0.15, 0.2) is 0 Å². The second kappa shape index (κ2) is 5.41. The number of aliphatic carboxylic acids is 2. The first-order valence-corrected chi connectivity index (χ1v) is 4.87. The molecule has 8 heteroatoms. The van der Waals surface area contributed by atoms with Gasteiger partial charge in [0.1, 0.15) is 12.1 Å². The molecule has 0 aromatic carbocycles. The SMILES string of the molecule is NC(Cc1cn(CC(N)C(=O)O)cn1)C(=O)O. The summed E-state index contributed by atoms with van der Waals surface area (Å²) in [6.45, 7) is 0.0741. The van der Waals surface area contributed by atoms with E-state index in [4.69, 9.17) is 21.7 Å². The number of hydrogen-bond acceptors (Lipinski definition) is 5. The van der Waals surface area contributed by atoms with Crippen molar-refractivity contribution in [2.45, 2.75) is 25.0 Å². The Morgan fingerprint density at radius 2 is 1.88 bits per heavy atom. The predicted molar refractivity (Wildman–Crippen MR) is 57.2 cm³/mol. The van der Waals surface area contributed by atoms with Crippen molar-refractivity contribution < 1.29 is 19.8 Å². The molecule has 2 atom stereocenters. The second-order valence-electron chi connectivity index (χ2n) is 3.66. The van der Waals surface area contributed by atoms with E-state index in [1.165, 1.54) is 17.1 Å². The Morgan fingerprint density at radius 1 is 1.29 bits per heavy atom. The Balaban J connectivity index is 2.59. The standard InChI is InChI=1S/C9H14N4O4/c10-6(8(14)15)1-5-2-13(4-12-5)3-7(11)9(16)17/h2,4,6-7H,1,3,10-11H2,(H,14,15)(H,16,17). The molecular formula is C9H14N4O4. The van der Waals surface area contributed by atoms with E-state index in [0.717, 1.165) is 0 Å². The lowest BCUT2D eigenvalue weighted by atomic mass is 10.2. The minimum absolute atomic E-state index is 0.0741. The molecule has 0 radical (unpaired) electrons. The highest BCUT2D eigenvalue weighted by molar-refractivity contribution is 5.73. The molecule has 0 fully saturated rings. The van der Waals surface area contributed by atoms with Gasteiger partial charge in [-0.2, -0.15) is 0 Å². The maximum absolute atomic E-state index is 10.5. The number of rotatable bonds is 6. The van der Waals surface area contributed by atoms with Gasteiger partial charge in [-0.15, -0.1) is 0 Å². The molecule has 0 saturated heterocycles. The molecule has 2 unspecified atom stereocenters. The summed E-state index contributed by atoms with van der Waals surface area (Å²) in [6.07, 6.45) is 3.02. The fourth-order valence-corrected chi connectivity index (χ4v) is 1.23. The predicted octanol–water partition coefficient (Wildman–Crippen LogP) is -1.75. The van der Waals surface area contributed by atoms with E-state index in [0.29, 0.717) is 5.69 Å². The van der Waals surface area contributed by atoms with Crippen LogP contribution in [0.15, 0.2) is 12.5 Å². The minimum atomic E-state index is -1.11. The average molecular weight is 242 g/mol. The van der Waals surface area contributed by atoms with Crippen LogP contribution in [0.2, 0.25) is 0 Å². The number of aromatic nitrogens is 2. The number of imidazole rings is 1. The Bertz CT molecular complexity index is 380. The number of carboxylic acids is 2. The van der Waals surface area contributed by atoms with Gasteiger partial charge in [-0.05, 0) is 0 Å². The molecule has 1 rings (SSSR count). The van der Waals surface area contributed by atoms with E-state index in [9.17, 15) is 9.59 Å². The Kier molecular flexibility index (Phi) is 4.18. The molecule has 0 spiro atoms. The second-order valence-corrected chi connectivity index (χ2v) is 3.66. The normalized spacial score (nSPS) is 14.2. The van der Waals surface area contributed by atoms with E-state index in [1.807, 2.05) is 0 Å². The number of hydrogen-bond donors (Lipinski definition) is 4. The molecule has 1 aromatic rings. The topological polar surface area (TPSA) is 144 Å². The summed E-state index contributed by atoms with van der Waals surface area (Å²) in [7, 11) is 0. The molecule has 0 aliphatic heterocycles. The molecule has 8 nitrogen and oxygen atoms in total. The van der Waals surface area contributed by atoms with Crippen molar-refractivity contribution in [1.29, 1.82) is 0 Å². The van der Waals surface area contributed by atoms with Gasteiger partial charge in [-0.25, -0.2) is 4.98 Å². The Morgan fingerprint density at radius 3 is 2.41 bits per heavy atom. The fourth-order valence-electron chi connectivity index (χ4n) is 1.23. The lowest BCUT2D eigenvalue weighted by Crippen LogP contribution is -2.34. The molecular weight excluding hydrogens is 228 g/mol. The third-order valence-corrected chi connectivity index (χ3v) is 2.16. The summed E-state index contributed by atoms with van der Waals surface area (Å²) >= 11 is 0. The number of nitrogens with zero attached hydrogens (tertiary/aromatic N) is 2. The molecule has 6 N–H and O–H groups in total. The van der Waals surface area contributed by atoms with Crippen LogP contribution in [0.3, 0.4) is 0 Å². The molecule has 17 heavy (non-hydrogen) atoms. The molecule has 0 saturated carbocycles. The van der Waals surface area contributed by atoms with Crippen molar-refractivity contribution in [3.63, 3.8) is 0 Å². The molecule has 0 aliphatic carbocycles. The van der Waals surface area contributed by atoms with Crippen molar-refractivity contribution >= 4 is 11.9 Å². The summed E-state index contributed by atoms with van der Waals surface area (Å²) in [4.78, 5) is 25.0. The van der Waals surface area contributed by atoms with Gasteiger partial charge in [0.25, 0.3) is 0 Å². The summed E-state index contributed by atoms with van der Waals surface area (Å²) in [5.74, 6) is -2.22. The zero-order chi connectivity index (χ0) is 13.0. The monoisotopic (exact) mass is 242 g/mol. The van der Waals surface area contributed by atoms with Crippen LogP contribution in [0.4, 0.5) is 0 Å². The summed E-state index contributed by atoms with van der Waals surface area (Å²) in [5.41, 5.74) is 11.2. The molecule has 0 aliphatic rings. The fraction of sp³-hybridized carbons (Fsp3) is 0.444. The Hall–Kier alpha value is -1.93. The average Bonchev–Trinajstić information content (AvgIpc) is 2.65. The Labute approximate surface area is 96.9 Å². The zero-order valence-electron chi connectivity index (χ0n) is 8.98. The van der Waals surface area contributed by atoms with Crippen LogP contribution in [0.5, 0.6) is 0 Å². The van der Waals surface area contributed by atoms with E-state index >= 15 is 0 Å². The molecule has 1 aromatic heterocycles. The number of carboxylic acid groups (broad SMARTS) is 2. The van der Waals surface area contributed by atoms with Crippen molar-refractivity contribution in [2.75, 3.05) is 0 Å². The van der Waals surface area contributed by atoms with Crippen LogP contribution in [0.1, 0.15) is 5.69 Å². The van der Waals surface area contributed by atoms with Crippen molar-refractivity contribution in [2.24, 2.45) is 11.5 Å². The van der Waals surface area contributed by atoms with Crippen molar-refractivity contribution in [3.8, 4) is 0 Å². The van der Waals surface area contributed by atoms with Gasteiger partial charge in [0.05, 0.1) is 12.0 Å². The maximum Gasteiger partial charge on any atom is 0.322 e. The van der Waals surface area contributed by atoms with E-state index in [1.54, 1.807) is 0 Å². The quantitative estimate of drug-likeness (QED) is 0.462. The highest BCUT2D eigenvalue weighted by Gasteiger charge is 2.15. The lowest BCUT2D eigenvalue weighted by Gasteiger charge is -2.06. The van der Waals surface area contributed by atoms with Gasteiger partial charge in [-0.1, -0.05) is 0 Å². The van der Waals surface area contributed by atoms with E-state index < -0.39 is 24.0 Å². The van der Waals surface area contributed by atoms with Crippen LogP contribution in [0.25, 0.3) is 0 Å². The van der Waals surface area contributed by atoms with E-state index in [2.05, 4.69) is 4.98 Å². The maximum atomic E-state index is 10.5. The molecule has 1 heterocycles. The van der Waals surface area contributed by atoms with Gasteiger partial charge >= 0.3 is 11.9 Å². The zero-order valence-corrected chi connectivity index (χ0v) is 8.98. The first-order chi connectivity index (χ1) is 7.90. The summed E-state index contributed by atoms with van der Waals surface area (Å²) in [5, 5.41) is 17.2. The number of carbonyl (C=O) groups is 2. The van der Waals surface area contributed by atoms with Crippen LogP contribution in [0, 0.1) is 0 Å². The molecule has 0 amide bonds. The molecule has 0 bridgehead atoms. The lowest BCUT2D eigenvalue weighted by molar-refractivity contribution is -0.139. The number of nitrogens with two attached hydrogens (primary N) is 2. The smallest absolute Gasteiger partial charge is 0.322 e. The molecule has 94 valence electrons. The van der Waals surface area contributed by atoms with Crippen LogP contribution in [-0.4, -0.2) is 43.8 Å². The van der Waals surface area contributed by atoms with E-state index in [-0.39, 0.29) is 13.0 Å². The minimum Gasteiger partial charge on any atom is -0.480 e. The van der Waals surface area contributed by atoms with Gasteiger partial charge < -0.3 is 26.2 Å². The first-order valence-electron chi connectivity index (χ1n) is 4.87. The first kappa shape index (κ1) is 13.1. The van der Waals surface area contributed by atoms with Gasteiger partial charge in [0, 0.05) is 19.2 Å². The van der Waals surface area contributed by atoms with Crippen LogP contribution < -0.4 is 11.5 Å². The van der Waals surface area contributed by atoms with Gasteiger partial charge in [0.2, 0.25) is 0 Å². The van der Waals surface area contributed by atoms with Gasteiger partial charge in [-0.3, -0.25) is 9.59 Å². The van der Waals surface area contributed by atoms with Crippen molar-refractivity contribution in [1.82, 2.24) is 9.55 Å². The van der Waals surface area contributed by atoms with Crippen molar-refractivity contribution in [3.05, 3.63) is 18.2 Å². The third-order valence-electron chi connectivity index (χ3n) is 2.16. The van der Waals surface area contributed by atoms with Crippen LogP contribution >= 0.6 is 0 Å². The summed E-state index contributed by atoms with van der Waals surface area (Å²) in [6, 6.07) is -2.04. The highest BCUT2D eigenvalue weighted by Crippen LogP contribution is 2.01. The summed E-state index contributed by atoms with van der Waals surface area (Å²) < 4.78 is 1.49. The highest BCUT2D eigenvalue weighted by atomic mass is 16.4. The third kappa shape index (κ3) is 3.85. The largest absolute Gasteiger partial charge is 0.480 e. The van der Waals surface area contributed by atoms with Crippen LogP contribution in [-0.2, 0) is 22.6 Å².